The van der Waals surface area contributed by atoms with Crippen molar-refractivity contribution in [2.24, 2.45) is 11.5 Å². The highest BCUT2D eigenvalue weighted by atomic mass is 16.5. The summed E-state index contributed by atoms with van der Waals surface area (Å²) in [6, 6.07) is 18.1. The first kappa shape index (κ1) is 27.7. The molecule has 3 aromatic rings. The van der Waals surface area contributed by atoms with Crippen LogP contribution in [0.15, 0.2) is 60.7 Å². The molecular formula is C30H37N3O4. The summed E-state index contributed by atoms with van der Waals surface area (Å²) in [5, 5.41) is 2.68. The molecule has 2 atom stereocenters. The van der Waals surface area contributed by atoms with Crippen LogP contribution in [0.1, 0.15) is 35.6 Å². The van der Waals surface area contributed by atoms with E-state index in [2.05, 4.69) is 24.4 Å². The zero-order chi connectivity index (χ0) is 26.9. The van der Waals surface area contributed by atoms with E-state index in [9.17, 15) is 9.59 Å². The van der Waals surface area contributed by atoms with Gasteiger partial charge in [0.05, 0.1) is 19.8 Å². The van der Waals surface area contributed by atoms with Crippen molar-refractivity contribution in [1.82, 2.24) is 5.32 Å². The van der Waals surface area contributed by atoms with E-state index in [0.717, 1.165) is 45.7 Å². The molecule has 7 nitrogen and oxygen atoms in total. The number of aryl methyl sites for hydroxylation is 2. The molecule has 2 amide bonds. The first-order chi connectivity index (χ1) is 17.7. The Morgan fingerprint density at radius 3 is 2.32 bits per heavy atom. The molecule has 3 aromatic carbocycles. The van der Waals surface area contributed by atoms with Crippen LogP contribution in [0.25, 0.3) is 11.1 Å². The van der Waals surface area contributed by atoms with Crippen molar-refractivity contribution < 1.29 is 19.1 Å². The molecular weight excluding hydrogens is 466 g/mol. The molecule has 196 valence electrons. The summed E-state index contributed by atoms with van der Waals surface area (Å²) in [6.07, 6.45) is 1.50. The van der Waals surface area contributed by atoms with E-state index in [0.29, 0.717) is 6.42 Å². The van der Waals surface area contributed by atoms with Gasteiger partial charge >= 0.3 is 0 Å². The van der Waals surface area contributed by atoms with E-state index >= 15 is 0 Å². The molecule has 0 aliphatic carbocycles. The molecule has 0 spiro atoms. The van der Waals surface area contributed by atoms with Crippen LogP contribution in [0.5, 0.6) is 11.5 Å². The van der Waals surface area contributed by atoms with Gasteiger partial charge in [-0.1, -0.05) is 55.5 Å². The number of amides is 2. The second-order valence-corrected chi connectivity index (χ2v) is 9.19. The van der Waals surface area contributed by atoms with Crippen LogP contribution in [0.3, 0.4) is 0 Å². The zero-order valence-electron chi connectivity index (χ0n) is 22.0. The SMILES string of the molecule is CCc1ccc(-c2ccc(C[C@H](N)C(=O)N[C@H](CCOc3cccc(C)c3C)C(N)=O)cc2)c(OC)c1. The van der Waals surface area contributed by atoms with Gasteiger partial charge in [-0.3, -0.25) is 9.59 Å². The standard InChI is InChI=1S/C30H37N3O4/c1-5-21-11-14-24(28(18-21)36-4)23-12-9-22(10-13-23)17-25(31)30(35)33-26(29(32)34)15-16-37-27-8-6-7-19(2)20(27)3/h6-14,18,25-26H,5,15-17,31H2,1-4H3,(H2,32,34)(H,33,35)/t25-,26+/m0/s1. The van der Waals surface area contributed by atoms with Gasteiger partial charge in [0.15, 0.2) is 0 Å². The van der Waals surface area contributed by atoms with Crippen LogP contribution in [-0.4, -0.2) is 37.6 Å². The quantitative estimate of drug-likeness (QED) is 0.347. The number of benzene rings is 3. The van der Waals surface area contributed by atoms with Crippen molar-refractivity contribution in [3.63, 3.8) is 0 Å². The van der Waals surface area contributed by atoms with Crippen molar-refractivity contribution in [3.05, 3.63) is 82.9 Å². The van der Waals surface area contributed by atoms with Crippen LogP contribution in [0, 0.1) is 13.8 Å². The maximum Gasteiger partial charge on any atom is 0.240 e. The van der Waals surface area contributed by atoms with E-state index in [4.69, 9.17) is 20.9 Å². The Labute approximate surface area is 219 Å². The number of carbonyl (C=O) groups is 2. The number of hydrogen-bond acceptors (Lipinski definition) is 5. The highest BCUT2D eigenvalue weighted by molar-refractivity contribution is 5.89. The van der Waals surface area contributed by atoms with Gasteiger partial charge in [-0.05, 0) is 66.6 Å². The normalized spacial score (nSPS) is 12.5. The van der Waals surface area contributed by atoms with Crippen LogP contribution in [0.2, 0.25) is 0 Å². The minimum Gasteiger partial charge on any atom is -0.496 e. The minimum absolute atomic E-state index is 0.234. The van der Waals surface area contributed by atoms with Gasteiger partial charge in [0.2, 0.25) is 11.8 Å². The Morgan fingerprint density at radius 1 is 0.973 bits per heavy atom. The fraction of sp³-hybridized carbons (Fsp3) is 0.333. The maximum atomic E-state index is 12.7. The largest absolute Gasteiger partial charge is 0.496 e. The average molecular weight is 504 g/mol. The molecule has 0 unspecified atom stereocenters. The topological polar surface area (TPSA) is 117 Å². The fourth-order valence-corrected chi connectivity index (χ4v) is 4.09. The van der Waals surface area contributed by atoms with Crippen molar-refractivity contribution in [2.45, 2.75) is 52.1 Å². The lowest BCUT2D eigenvalue weighted by molar-refractivity contribution is -0.128. The predicted octanol–water partition coefficient (Wildman–Crippen LogP) is 3.85. The van der Waals surface area contributed by atoms with E-state index < -0.39 is 23.9 Å². The summed E-state index contributed by atoms with van der Waals surface area (Å²) < 4.78 is 11.4. The van der Waals surface area contributed by atoms with Crippen LogP contribution in [-0.2, 0) is 22.4 Å². The minimum atomic E-state index is -0.871. The van der Waals surface area contributed by atoms with Gasteiger partial charge in [-0.15, -0.1) is 0 Å². The lowest BCUT2D eigenvalue weighted by Crippen LogP contribution is -2.51. The third kappa shape index (κ3) is 7.33. The Kier molecular flexibility index (Phi) is 9.69. The molecule has 7 heteroatoms. The summed E-state index contributed by atoms with van der Waals surface area (Å²) in [5.74, 6) is 0.504. The number of nitrogens with one attached hydrogen (secondary N) is 1. The molecule has 5 N–H and O–H groups in total. The maximum absolute atomic E-state index is 12.7. The first-order valence-corrected chi connectivity index (χ1v) is 12.5. The molecule has 0 aliphatic heterocycles. The van der Waals surface area contributed by atoms with Gasteiger partial charge in [-0.25, -0.2) is 0 Å². The molecule has 0 saturated heterocycles. The van der Waals surface area contributed by atoms with Gasteiger partial charge < -0.3 is 26.3 Å². The lowest BCUT2D eigenvalue weighted by atomic mass is 9.98. The third-order valence-corrected chi connectivity index (χ3v) is 6.61. The van der Waals surface area contributed by atoms with Crippen molar-refractivity contribution in [1.29, 1.82) is 0 Å². The number of rotatable bonds is 12. The molecule has 0 bridgehead atoms. The lowest BCUT2D eigenvalue weighted by Gasteiger charge is -2.19. The van der Waals surface area contributed by atoms with E-state index in [-0.39, 0.29) is 13.0 Å². The highest BCUT2D eigenvalue weighted by Gasteiger charge is 2.22. The molecule has 0 aromatic heterocycles. The Bertz CT molecular complexity index is 1220. The van der Waals surface area contributed by atoms with Gasteiger partial charge in [0, 0.05) is 12.0 Å². The Balaban J connectivity index is 1.57. The summed E-state index contributed by atoms with van der Waals surface area (Å²) in [5.41, 5.74) is 18.0. The van der Waals surface area contributed by atoms with E-state index in [1.807, 2.05) is 62.4 Å². The number of carbonyl (C=O) groups excluding carboxylic acids is 2. The second-order valence-electron chi connectivity index (χ2n) is 9.19. The van der Waals surface area contributed by atoms with Gasteiger partial charge in [0.1, 0.15) is 17.5 Å². The highest BCUT2D eigenvalue weighted by Crippen LogP contribution is 2.31. The second kappa shape index (κ2) is 12.9. The smallest absolute Gasteiger partial charge is 0.240 e. The third-order valence-electron chi connectivity index (χ3n) is 6.61. The number of hydrogen-bond donors (Lipinski definition) is 3. The van der Waals surface area contributed by atoms with Gasteiger partial charge in [-0.2, -0.15) is 0 Å². The Morgan fingerprint density at radius 2 is 1.68 bits per heavy atom. The molecule has 0 radical (unpaired) electrons. The predicted molar refractivity (Wildman–Crippen MR) is 147 cm³/mol. The van der Waals surface area contributed by atoms with Crippen LogP contribution < -0.4 is 26.3 Å². The fourth-order valence-electron chi connectivity index (χ4n) is 4.09. The van der Waals surface area contributed by atoms with E-state index in [1.54, 1.807) is 7.11 Å². The number of primary amides is 1. The van der Waals surface area contributed by atoms with Crippen LogP contribution in [0.4, 0.5) is 0 Å². The summed E-state index contributed by atoms with van der Waals surface area (Å²) in [6.45, 7) is 6.32. The molecule has 3 rings (SSSR count). The number of nitrogens with two attached hydrogens (primary N) is 2. The van der Waals surface area contributed by atoms with Crippen molar-refractivity contribution in [2.75, 3.05) is 13.7 Å². The first-order valence-electron chi connectivity index (χ1n) is 12.5. The summed E-state index contributed by atoms with van der Waals surface area (Å²) in [7, 11) is 1.67. The molecule has 0 fully saturated rings. The summed E-state index contributed by atoms with van der Waals surface area (Å²) in [4.78, 5) is 24.7. The molecule has 0 saturated carbocycles. The van der Waals surface area contributed by atoms with E-state index in [1.165, 1.54) is 5.56 Å². The average Bonchev–Trinajstić information content (AvgIpc) is 2.90. The number of methoxy groups -OCH3 is 1. The molecule has 0 aliphatic rings. The van der Waals surface area contributed by atoms with Crippen molar-refractivity contribution >= 4 is 11.8 Å². The van der Waals surface area contributed by atoms with Crippen LogP contribution >= 0.6 is 0 Å². The van der Waals surface area contributed by atoms with Gasteiger partial charge in [0.25, 0.3) is 0 Å². The summed E-state index contributed by atoms with van der Waals surface area (Å²) >= 11 is 0. The zero-order valence-corrected chi connectivity index (χ0v) is 22.0. The van der Waals surface area contributed by atoms with Crippen molar-refractivity contribution in [3.8, 4) is 22.6 Å². The molecule has 0 heterocycles. The molecule has 37 heavy (non-hydrogen) atoms. The monoisotopic (exact) mass is 503 g/mol. The Hall–Kier alpha value is -3.84. The number of ether oxygens (including phenoxy) is 2.